The first kappa shape index (κ1) is 9.92. The fourth-order valence-electron chi connectivity index (χ4n) is 1.15. The van der Waals surface area contributed by atoms with E-state index in [1.54, 1.807) is 24.4 Å². The number of amides is 1. The van der Waals surface area contributed by atoms with E-state index in [4.69, 9.17) is 0 Å². The summed E-state index contributed by atoms with van der Waals surface area (Å²) < 4.78 is 0.875. The summed E-state index contributed by atoms with van der Waals surface area (Å²) in [5, 5.41) is 9.08. The molecule has 0 aliphatic heterocycles. The van der Waals surface area contributed by atoms with Crippen molar-refractivity contribution in [3.8, 4) is 0 Å². The normalized spacial score (nSPS) is 9.93. The molecular formula is C10H8BrN3O. The number of rotatable bonds is 2. The molecule has 0 spiro atoms. The molecule has 1 amide bonds. The van der Waals surface area contributed by atoms with E-state index in [0.717, 1.165) is 4.47 Å². The van der Waals surface area contributed by atoms with E-state index in [-0.39, 0.29) is 5.91 Å². The molecule has 0 bridgehead atoms. The zero-order chi connectivity index (χ0) is 10.7. The topological polar surface area (TPSA) is 57.8 Å². The van der Waals surface area contributed by atoms with Crippen LogP contribution in [0, 0.1) is 0 Å². The van der Waals surface area contributed by atoms with Crippen molar-refractivity contribution in [1.29, 1.82) is 0 Å². The summed E-state index contributed by atoms with van der Waals surface area (Å²) in [4.78, 5) is 11.7. The van der Waals surface area contributed by atoms with Gasteiger partial charge in [0.05, 0.1) is 6.20 Å². The highest BCUT2D eigenvalue weighted by Gasteiger charge is 2.06. The molecule has 2 N–H and O–H groups in total. The smallest absolute Gasteiger partial charge is 0.256 e. The molecule has 15 heavy (non-hydrogen) atoms. The van der Waals surface area contributed by atoms with Gasteiger partial charge in [-0.05, 0) is 18.2 Å². The lowest BCUT2D eigenvalue weighted by molar-refractivity contribution is 0.102. The zero-order valence-corrected chi connectivity index (χ0v) is 9.28. The molecule has 1 aromatic heterocycles. The van der Waals surface area contributed by atoms with Gasteiger partial charge in [0.15, 0.2) is 0 Å². The fraction of sp³-hybridized carbons (Fsp3) is 0. The van der Waals surface area contributed by atoms with E-state index in [2.05, 4.69) is 31.4 Å². The minimum Gasteiger partial charge on any atom is -0.307 e. The Labute approximate surface area is 94.8 Å². The summed E-state index contributed by atoms with van der Waals surface area (Å²) in [6.07, 6.45) is 1.58. The Morgan fingerprint density at radius 1 is 1.40 bits per heavy atom. The number of hydrogen-bond donors (Lipinski definition) is 2. The van der Waals surface area contributed by atoms with Gasteiger partial charge < -0.3 is 5.32 Å². The number of halogens is 1. The average molecular weight is 266 g/mol. The Kier molecular flexibility index (Phi) is 2.82. The van der Waals surface area contributed by atoms with Gasteiger partial charge in [0.1, 0.15) is 5.82 Å². The summed E-state index contributed by atoms with van der Waals surface area (Å²) in [5.41, 5.74) is 0.596. The van der Waals surface area contributed by atoms with Crippen molar-refractivity contribution in [2.45, 2.75) is 0 Å². The van der Waals surface area contributed by atoms with Crippen LogP contribution >= 0.6 is 15.9 Å². The summed E-state index contributed by atoms with van der Waals surface area (Å²) >= 11 is 3.31. The summed E-state index contributed by atoms with van der Waals surface area (Å²) in [6.45, 7) is 0. The first-order chi connectivity index (χ1) is 7.25. The molecule has 0 aliphatic carbocycles. The molecule has 2 aromatic rings. The Bertz CT molecular complexity index is 467. The van der Waals surface area contributed by atoms with Crippen LogP contribution in [0.25, 0.3) is 0 Å². The van der Waals surface area contributed by atoms with Crippen LogP contribution in [0.3, 0.4) is 0 Å². The Hall–Kier alpha value is -1.62. The number of carbonyl (C=O) groups excluding carboxylic acids is 1. The average Bonchev–Trinajstić information content (AvgIpc) is 2.70. The molecule has 0 saturated carbocycles. The molecule has 0 atom stereocenters. The summed E-state index contributed by atoms with van der Waals surface area (Å²) in [7, 11) is 0. The highest BCUT2D eigenvalue weighted by Crippen LogP contribution is 2.12. The highest BCUT2D eigenvalue weighted by atomic mass is 79.9. The van der Waals surface area contributed by atoms with Crippen molar-refractivity contribution >= 4 is 27.7 Å². The number of anilines is 1. The van der Waals surface area contributed by atoms with Crippen LogP contribution in [-0.2, 0) is 0 Å². The summed E-state index contributed by atoms with van der Waals surface area (Å²) in [5.74, 6) is 0.417. The van der Waals surface area contributed by atoms with E-state index < -0.39 is 0 Å². The number of carbonyl (C=O) groups is 1. The monoisotopic (exact) mass is 265 g/mol. The molecule has 1 aromatic carbocycles. The highest BCUT2D eigenvalue weighted by molar-refractivity contribution is 9.10. The number of aromatic amines is 1. The van der Waals surface area contributed by atoms with Crippen molar-refractivity contribution in [3.63, 3.8) is 0 Å². The minimum atomic E-state index is -0.166. The van der Waals surface area contributed by atoms with Crippen molar-refractivity contribution < 1.29 is 4.79 Å². The second-order valence-corrected chi connectivity index (χ2v) is 3.85. The molecule has 4 nitrogen and oxygen atoms in total. The van der Waals surface area contributed by atoms with E-state index in [1.165, 1.54) is 0 Å². The van der Waals surface area contributed by atoms with Crippen LogP contribution in [0.15, 0.2) is 41.0 Å². The first-order valence-corrected chi connectivity index (χ1v) is 5.11. The van der Waals surface area contributed by atoms with Crippen LogP contribution in [0.5, 0.6) is 0 Å². The second-order valence-electron chi connectivity index (χ2n) is 2.93. The SMILES string of the molecule is O=C(Nc1ccn[nH]1)c1cccc(Br)c1. The van der Waals surface area contributed by atoms with Crippen molar-refractivity contribution in [2.75, 3.05) is 5.32 Å². The van der Waals surface area contributed by atoms with Crippen LogP contribution in [-0.4, -0.2) is 16.1 Å². The second kappa shape index (κ2) is 4.27. The van der Waals surface area contributed by atoms with Crippen LogP contribution in [0.1, 0.15) is 10.4 Å². The Morgan fingerprint density at radius 2 is 2.27 bits per heavy atom. The number of nitrogens with one attached hydrogen (secondary N) is 2. The fourth-order valence-corrected chi connectivity index (χ4v) is 1.55. The van der Waals surface area contributed by atoms with Crippen molar-refractivity contribution in [3.05, 3.63) is 46.6 Å². The Balaban J connectivity index is 2.15. The van der Waals surface area contributed by atoms with Gasteiger partial charge in [-0.1, -0.05) is 22.0 Å². The first-order valence-electron chi connectivity index (χ1n) is 4.32. The van der Waals surface area contributed by atoms with E-state index >= 15 is 0 Å². The maximum absolute atomic E-state index is 11.7. The third-order valence-electron chi connectivity index (χ3n) is 1.84. The van der Waals surface area contributed by atoms with Crippen LogP contribution in [0.4, 0.5) is 5.82 Å². The third kappa shape index (κ3) is 2.44. The van der Waals surface area contributed by atoms with Crippen molar-refractivity contribution in [2.24, 2.45) is 0 Å². The molecule has 0 fully saturated rings. The van der Waals surface area contributed by atoms with Crippen LogP contribution < -0.4 is 5.32 Å². The van der Waals surface area contributed by atoms with Gasteiger partial charge in [-0.15, -0.1) is 0 Å². The van der Waals surface area contributed by atoms with E-state index in [0.29, 0.717) is 11.4 Å². The van der Waals surface area contributed by atoms with E-state index in [1.807, 2.05) is 12.1 Å². The predicted molar refractivity (Wildman–Crippen MR) is 60.7 cm³/mol. The molecule has 1 heterocycles. The Morgan fingerprint density at radius 3 is 2.93 bits per heavy atom. The maximum Gasteiger partial charge on any atom is 0.256 e. The lowest BCUT2D eigenvalue weighted by Gasteiger charge is -2.02. The summed E-state index contributed by atoms with van der Waals surface area (Å²) in [6, 6.07) is 8.87. The van der Waals surface area contributed by atoms with Gasteiger partial charge in [0.25, 0.3) is 5.91 Å². The lowest BCUT2D eigenvalue weighted by Crippen LogP contribution is -2.11. The van der Waals surface area contributed by atoms with Gasteiger partial charge in [-0.25, -0.2) is 0 Å². The van der Waals surface area contributed by atoms with Gasteiger partial charge in [0.2, 0.25) is 0 Å². The lowest BCUT2D eigenvalue weighted by atomic mass is 10.2. The zero-order valence-electron chi connectivity index (χ0n) is 7.70. The molecule has 0 saturated heterocycles. The van der Waals surface area contributed by atoms with Crippen molar-refractivity contribution in [1.82, 2.24) is 10.2 Å². The van der Waals surface area contributed by atoms with Gasteiger partial charge >= 0.3 is 0 Å². The molecule has 76 valence electrons. The van der Waals surface area contributed by atoms with Gasteiger partial charge in [-0.3, -0.25) is 9.89 Å². The third-order valence-corrected chi connectivity index (χ3v) is 2.33. The number of H-pyrrole nitrogens is 1. The maximum atomic E-state index is 11.7. The number of nitrogens with zero attached hydrogens (tertiary/aromatic N) is 1. The molecule has 0 unspecified atom stereocenters. The van der Waals surface area contributed by atoms with Crippen LogP contribution in [0.2, 0.25) is 0 Å². The molecule has 0 aliphatic rings. The largest absolute Gasteiger partial charge is 0.307 e. The number of aromatic nitrogens is 2. The minimum absolute atomic E-state index is 0.166. The number of hydrogen-bond acceptors (Lipinski definition) is 2. The van der Waals surface area contributed by atoms with Gasteiger partial charge in [0, 0.05) is 16.1 Å². The van der Waals surface area contributed by atoms with Gasteiger partial charge in [-0.2, -0.15) is 5.10 Å². The molecule has 2 rings (SSSR count). The molecule has 5 heteroatoms. The number of benzene rings is 1. The van der Waals surface area contributed by atoms with E-state index in [9.17, 15) is 4.79 Å². The molecular weight excluding hydrogens is 258 g/mol. The molecule has 0 radical (unpaired) electrons. The quantitative estimate of drug-likeness (QED) is 0.877. The standard InChI is InChI=1S/C10H8BrN3O/c11-8-3-1-2-7(6-8)10(15)13-9-4-5-12-14-9/h1-6H,(H2,12,13,14,15). The predicted octanol–water partition coefficient (Wildman–Crippen LogP) is 2.42.